The van der Waals surface area contributed by atoms with Crippen LogP contribution in [0.1, 0.15) is 38.5 Å². The number of hydrogen-bond acceptors (Lipinski definition) is 2. The van der Waals surface area contributed by atoms with E-state index in [4.69, 9.17) is 0 Å². The molecule has 1 N–H and O–H groups in total. The third-order valence-electron chi connectivity index (χ3n) is 3.64. The first-order chi connectivity index (χ1) is 6.36. The Morgan fingerprint density at radius 3 is 2.64 bits per heavy atom. The monoisotopic (exact) mass is 216 g/mol. The molecule has 0 amide bonds. The Kier molecular flexibility index (Phi) is 5.28. The molecule has 0 spiro atoms. The molecular weight excluding hydrogens is 192 g/mol. The molecule has 2 rings (SSSR count). The van der Waals surface area contributed by atoms with Crippen molar-refractivity contribution in [3.63, 3.8) is 0 Å². The van der Waals surface area contributed by atoms with E-state index in [2.05, 4.69) is 17.3 Å². The minimum absolute atomic E-state index is 0. The molecule has 2 nitrogen and oxygen atoms in total. The summed E-state index contributed by atoms with van der Waals surface area (Å²) in [5.41, 5.74) is 0. The fourth-order valence-electron chi connectivity index (χ4n) is 2.73. The van der Waals surface area contributed by atoms with Crippen molar-refractivity contribution in [3.05, 3.63) is 0 Å². The molecule has 2 atom stereocenters. The predicted octanol–water partition coefficient (Wildman–Crippen LogP) is 1.73. The average Bonchev–Trinajstić information content (AvgIpc) is 2.54. The summed E-state index contributed by atoms with van der Waals surface area (Å²) in [6.07, 6.45) is 8.45. The first kappa shape index (κ1) is 12.3. The maximum atomic E-state index is 3.64. The van der Waals surface area contributed by atoms with E-state index in [1.165, 1.54) is 51.6 Å². The fraction of sp³-hybridized carbons (Fsp3) is 1.00. The second kappa shape index (κ2) is 5.99. The van der Waals surface area contributed by atoms with Gasteiger partial charge in [-0.3, -0.25) is 0 Å². The number of likely N-dealkylation sites (tertiary alicyclic amines) is 1. The highest BCUT2D eigenvalue weighted by molar-refractivity contribution is 7.59. The molecule has 1 unspecified atom stereocenters. The fourth-order valence-corrected chi connectivity index (χ4v) is 2.73. The predicted molar refractivity (Wildman–Crippen MR) is 66.3 cm³/mol. The van der Waals surface area contributed by atoms with E-state index in [1.807, 2.05) is 0 Å². The lowest BCUT2D eigenvalue weighted by atomic mass is 9.97. The molecule has 2 saturated heterocycles. The van der Waals surface area contributed by atoms with Gasteiger partial charge in [-0.2, -0.15) is 13.5 Å². The highest BCUT2D eigenvalue weighted by atomic mass is 32.1. The minimum Gasteiger partial charge on any atom is -0.314 e. The third-order valence-corrected chi connectivity index (χ3v) is 3.64. The molecule has 2 aliphatic heterocycles. The summed E-state index contributed by atoms with van der Waals surface area (Å²) in [6.45, 7) is 2.57. The van der Waals surface area contributed by atoms with Crippen LogP contribution in [-0.2, 0) is 0 Å². The molecule has 2 heterocycles. The normalized spacial score (nSPS) is 34.1. The molecule has 0 saturated carbocycles. The maximum Gasteiger partial charge on any atom is 0.0107 e. The van der Waals surface area contributed by atoms with Crippen molar-refractivity contribution < 1.29 is 0 Å². The number of nitrogens with zero attached hydrogens (tertiary/aromatic N) is 1. The van der Waals surface area contributed by atoms with E-state index < -0.39 is 0 Å². The Morgan fingerprint density at radius 1 is 1.21 bits per heavy atom. The van der Waals surface area contributed by atoms with Gasteiger partial charge in [0, 0.05) is 12.1 Å². The van der Waals surface area contributed by atoms with Gasteiger partial charge < -0.3 is 10.2 Å². The molecule has 0 bridgehead atoms. The molecule has 0 aromatic heterocycles. The number of hydrogen-bond donors (Lipinski definition) is 1. The molecule has 14 heavy (non-hydrogen) atoms. The first-order valence-electron chi connectivity index (χ1n) is 5.80. The van der Waals surface area contributed by atoms with Crippen LogP contribution in [0.15, 0.2) is 0 Å². The minimum atomic E-state index is 0. The van der Waals surface area contributed by atoms with Crippen LogP contribution in [0.5, 0.6) is 0 Å². The van der Waals surface area contributed by atoms with E-state index in [0.29, 0.717) is 0 Å². The number of piperidine rings is 1. The third kappa shape index (κ3) is 3.14. The summed E-state index contributed by atoms with van der Waals surface area (Å²) in [5.74, 6) is 0. The second-order valence-corrected chi connectivity index (χ2v) is 4.66. The second-order valence-electron chi connectivity index (χ2n) is 4.66. The smallest absolute Gasteiger partial charge is 0.0107 e. The van der Waals surface area contributed by atoms with Crippen molar-refractivity contribution in [2.45, 2.75) is 50.6 Å². The summed E-state index contributed by atoms with van der Waals surface area (Å²) in [6, 6.07) is 1.69. The highest BCUT2D eigenvalue weighted by Crippen LogP contribution is 2.22. The zero-order valence-electron chi connectivity index (χ0n) is 9.26. The maximum absolute atomic E-state index is 3.64. The van der Waals surface area contributed by atoms with E-state index in [0.717, 1.165) is 12.1 Å². The van der Waals surface area contributed by atoms with Crippen molar-refractivity contribution >= 4 is 13.5 Å². The van der Waals surface area contributed by atoms with Gasteiger partial charge in [0.25, 0.3) is 0 Å². The van der Waals surface area contributed by atoms with Gasteiger partial charge in [0.15, 0.2) is 0 Å². The van der Waals surface area contributed by atoms with E-state index >= 15 is 0 Å². The Bertz CT molecular complexity index is 157. The zero-order valence-corrected chi connectivity index (χ0v) is 10.3. The molecule has 0 radical (unpaired) electrons. The zero-order chi connectivity index (χ0) is 9.10. The summed E-state index contributed by atoms with van der Waals surface area (Å²) in [5, 5.41) is 3.64. The van der Waals surface area contributed by atoms with E-state index in [9.17, 15) is 0 Å². The van der Waals surface area contributed by atoms with Gasteiger partial charge in [-0.05, 0) is 52.2 Å². The lowest BCUT2D eigenvalue weighted by molar-refractivity contribution is 0.252. The number of nitrogens with one attached hydrogen (secondary N) is 1. The average molecular weight is 216 g/mol. The van der Waals surface area contributed by atoms with Gasteiger partial charge in [-0.1, -0.05) is 6.42 Å². The van der Waals surface area contributed by atoms with Crippen LogP contribution in [0.2, 0.25) is 0 Å². The largest absolute Gasteiger partial charge is 0.314 e. The van der Waals surface area contributed by atoms with Crippen molar-refractivity contribution in [1.82, 2.24) is 10.2 Å². The number of rotatable bonds is 2. The Balaban J connectivity index is 0.000000980. The van der Waals surface area contributed by atoms with Gasteiger partial charge >= 0.3 is 0 Å². The summed E-state index contributed by atoms with van der Waals surface area (Å²) >= 11 is 0. The van der Waals surface area contributed by atoms with Crippen LogP contribution in [0.4, 0.5) is 0 Å². The van der Waals surface area contributed by atoms with Gasteiger partial charge in [-0.25, -0.2) is 0 Å². The van der Waals surface area contributed by atoms with Crippen LogP contribution < -0.4 is 5.32 Å². The molecule has 0 aromatic rings. The van der Waals surface area contributed by atoms with Crippen molar-refractivity contribution in [3.8, 4) is 0 Å². The molecule has 2 aliphatic rings. The first-order valence-corrected chi connectivity index (χ1v) is 5.80. The quantitative estimate of drug-likeness (QED) is 0.756. The van der Waals surface area contributed by atoms with Crippen LogP contribution in [0, 0.1) is 0 Å². The van der Waals surface area contributed by atoms with Crippen molar-refractivity contribution in [1.29, 1.82) is 0 Å². The molecule has 2 fully saturated rings. The molecule has 3 heteroatoms. The van der Waals surface area contributed by atoms with Crippen LogP contribution >= 0.6 is 13.5 Å². The summed E-state index contributed by atoms with van der Waals surface area (Å²) < 4.78 is 0. The van der Waals surface area contributed by atoms with Crippen LogP contribution in [0.3, 0.4) is 0 Å². The van der Waals surface area contributed by atoms with Crippen molar-refractivity contribution in [2.24, 2.45) is 0 Å². The van der Waals surface area contributed by atoms with Gasteiger partial charge in [0.1, 0.15) is 0 Å². The molecule has 0 aromatic carbocycles. The van der Waals surface area contributed by atoms with E-state index in [1.54, 1.807) is 0 Å². The SMILES string of the molecule is CN1CCC[C@H]1CC1CCCCN1.S. The Morgan fingerprint density at radius 2 is 2.07 bits per heavy atom. The lowest BCUT2D eigenvalue weighted by Gasteiger charge is -2.28. The Labute approximate surface area is 94.9 Å². The lowest BCUT2D eigenvalue weighted by Crippen LogP contribution is -2.39. The Hall–Kier alpha value is 0.270. The summed E-state index contributed by atoms with van der Waals surface area (Å²) in [4.78, 5) is 2.54. The van der Waals surface area contributed by atoms with Gasteiger partial charge in [0.2, 0.25) is 0 Å². The van der Waals surface area contributed by atoms with Crippen LogP contribution in [0.25, 0.3) is 0 Å². The molecule has 0 aliphatic carbocycles. The van der Waals surface area contributed by atoms with E-state index in [-0.39, 0.29) is 13.5 Å². The van der Waals surface area contributed by atoms with Crippen LogP contribution in [-0.4, -0.2) is 37.1 Å². The van der Waals surface area contributed by atoms with Crippen molar-refractivity contribution in [2.75, 3.05) is 20.1 Å². The van der Waals surface area contributed by atoms with Gasteiger partial charge in [-0.15, -0.1) is 0 Å². The molecular formula is C11H24N2S. The topological polar surface area (TPSA) is 15.3 Å². The summed E-state index contributed by atoms with van der Waals surface area (Å²) in [7, 11) is 2.28. The standard InChI is InChI=1S/C11H22N2.H2S/c1-13-8-4-6-11(13)9-10-5-2-3-7-12-10;/h10-12H,2-9H2,1H3;1H2/t10?,11-;/m0./s1. The molecule has 84 valence electrons. The van der Waals surface area contributed by atoms with Gasteiger partial charge in [0.05, 0.1) is 0 Å². The highest BCUT2D eigenvalue weighted by Gasteiger charge is 2.24.